The third-order valence-electron chi connectivity index (χ3n) is 3.16. The number of amides is 2. The minimum Gasteiger partial charge on any atom is -0.459 e. The molecule has 0 aliphatic heterocycles. The van der Waals surface area contributed by atoms with E-state index in [0.717, 1.165) is 12.8 Å². The molecule has 1 fully saturated rings. The molecular formula is C17H28N2O3. The first kappa shape index (κ1) is 18.3. The molecule has 1 saturated carbocycles. The predicted molar refractivity (Wildman–Crippen MR) is 87.5 cm³/mol. The minimum atomic E-state index is -0.561. The average Bonchev–Trinajstić information content (AvgIpc) is 3.18. The Balaban J connectivity index is 2.68. The molecule has 1 rings (SSSR count). The van der Waals surface area contributed by atoms with Crippen LogP contribution in [-0.2, 0) is 9.53 Å². The van der Waals surface area contributed by atoms with Crippen LogP contribution in [0.3, 0.4) is 0 Å². The van der Waals surface area contributed by atoms with Gasteiger partial charge in [-0.25, -0.2) is 4.79 Å². The smallest absolute Gasteiger partial charge is 0.326 e. The highest BCUT2D eigenvalue weighted by molar-refractivity contribution is 5.81. The topological polar surface area (TPSA) is 49.9 Å². The van der Waals surface area contributed by atoms with Crippen molar-refractivity contribution >= 4 is 12.0 Å². The number of carbonyl (C=O) groups is 2. The molecule has 0 atom stereocenters. The van der Waals surface area contributed by atoms with Crippen LogP contribution in [0.5, 0.6) is 0 Å². The molecule has 124 valence electrons. The molecule has 1 aliphatic rings. The van der Waals surface area contributed by atoms with Gasteiger partial charge in [0.2, 0.25) is 0 Å². The first-order valence-electron chi connectivity index (χ1n) is 7.74. The van der Waals surface area contributed by atoms with E-state index in [4.69, 9.17) is 4.74 Å². The lowest BCUT2D eigenvalue weighted by molar-refractivity contribution is -0.155. The van der Waals surface area contributed by atoms with E-state index in [9.17, 15) is 9.59 Å². The lowest BCUT2D eigenvalue weighted by atomic mass is 10.2. The Labute approximate surface area is 133 Å². The average molecular weight is 308 g/mol. The third kappa shape index (κ3) is 6.78. The summed E-state index contributed by atoms with van der Waals surface area (Å²) in [4.78, 5) is 27.8. The molecule has 0 aromatic carbocycles. The molecule has 0 aromatic rings. The molecule has 22 heavy (non-hydrogen) atoms. The summed E-state index contributed by atoms with van der Waals surface area (Å²) >= 11 is 0. The standard InChI is InChI=1S/C17H28N2O3/c1-6-10-18(12-14-8-9-14)16(21)19(11-7-2)13-15(20)22-17(3,4)5/h6-7,14H,1-2,8-13H2,3-5H3. The van der Waals surface area contributed by atoms with Crippen molar-refractivity contribution in [1.82, 2.24) is 9.80 Å². The van der Waals surface area contributed by atoms with E-state index in [1.165, 1.54) is 4.90 Å². The normalized spacial score (nSPS) is 14.1. The molecule has 0 spiro atoms. The maximum atomic E-state index is 12.6. The van der Waals surface area contributed by atoms with Crippen LogP contribution in [0.2, 0.25) is 0 Å². The maximum Gasteiger partial charge on any atom is 0.326 e. The van der Waals surface area contributed by atoms with E-state index < -0.39 is 11.6 Å². The summed E-state index contributed by atoms with van der Waals surface area (Å²) in [5, 5.41) is 0. The highest BCUT2D eigenvalue weighted by Gasteiger charge is 2.29. The van der Waals surface area contributed by atoms with Crippen LogP contribution in [0.25, 0.3) is 0 Å². The van der Waals surface area contributed by atoms with Gasteiger partial charge in [0.15, 0.2) is 0 Å². The molecule has 0 aromatic heterocycles. The lowest BCUT2D eigenvalue weighted by Gasteiger charge is -2.30. The van der Waals surface area contributed by atoms with Crippen LogP contribution < -0.4 is 0 Å². The summed E-state index contributed by atoms with van der Waals surface area (Å²) in [5.41, 5.74) is -0.561. The van der Waals surface area contributed by atoms with Crippen molar-refractivity contribution in [2.75, 3.05) is 26.2 Å². The van der Waals surface area contributed by atoms with Gasteiger partial charge in [-0.1, -0.05) is 12.2 Å². The van der Waals surface area contributed by atoms with Crippen molar-refractivity contribution in [2.24, 2.45) is 5.92 Å². The second-order valence-electron chi connectivity index (χ2n) is 6.68. The number of hydrogen-bond donors (Lipinski definition) is 0. The second-order valence-corrected chi connectivity index (χ2v) is 6.68. The minimum absolute atomic E-state index is 0.0690. The number of hydrogen-bond acceptors (Lipinski definition) is 3. The molecule has 5 nitrogen and oxygen atoms in total. The van der Waals surface area contributed by atoms with Crippen LogP contribution in [0.15, 0.2) is 25.3 Å². The molecular weight excluding hydrogens is 280 g/mol. The first-order valence-corrected chi connectivity index (χ1v) is 7.74. The zero-order valence-corrected chi connectivity index (χ0v) is 14.0. The quantitative estimate of drug-likeness (QED) is 0.512. The first-order chi connectivity index (χ1) is 10.3. The Kier molecular flexibility index (Phi) is 6.65. The van der Waals surface area contributed by atoms with E-state index in [1.807, 2.05) is 20.8 Å². The molecule has 0 N–H and O–H groups in total. The summed E-state index contributed by atoms with van der Waals surface area (Å²) < 4.78 is 5.29. The fraction of sp³-hybridized carbons (Fsp3) is 0.647. The maximum absolute atomic E-state index is 12.6. The van der Waals surface area contributed by atoms with E-state index in [0.29, 0.717) is 25.6 Å². The monoisotopic (exact) mass is 308 g/mol. The summed E-state index contributed by atoms with van der Waals surface area (Å²) in [6.07, 6.45) is 5.65. The van der Waals surface area contributed by atoms with Crippen LogP contribution in [0, 0.1) is 5.92 Å². The predicted octanol–water partition coefficient (Wildman–Crippen LogP) is 2.83. The highest BCUT2D eigenvalue weighted by atomic mass is 16.6. The number of rotatable bonds is 8. The van der Waals surface area contributed by atoms with Gasteiger partial charge in [0.1, 0.15) is 12.1 Å². The fourth-order valence-corrected chi connectivity index (χ4v) is 2.09. The van der Waals surface area contributed by atoms with Gasteiger partial charge < -0.3 is 14.5 Å². The van der Waals surface area contributed by atoms with E-state index in [1.54, 1.807) is 17.1 Å². The Morgan fingerprint density at radius 3 is 2.14 bits per heavy atom. The van der Waals surface area contributed by atoms with E-state index in [2.05, 4.69) is 13.2 Å². The third-order valence-corrected chi connectivity index (χ3v) is 3.16. The number of esters is 1. The molecule has 5 heteroatoms. The van der Waals surface area contributed by atoms with Crippen molar-refractivity contribution in [3.63, 3.8) is 0 Å². The second kappa shape index (κ2) is 8.01. The van der Waals surface area contributed by atoms with Crippen LogP contribution in [0.1, 0.15) is 33.6 Å². The van der Waals surface area contributed by atoms with Gasteiger partial charge in [-0.2, -0.15) is 0 Å². The number of nitrogens with zero attached hydrogens (tertiary/aromatic N) is 2. The molecule has 0 saturated heterocycles. The van der Waals surface area contributed by atoms with Crippen LogP contribution >= 0.6 is 0 Å². The van der Waals surface area contributed by atoms with Gasteiger partial charge in [-0.05, 0) is 39.5 Å². The van der Waals surface area contributed by atoms with E-state index in [-0.39, 0.29) is 12.6 Å². The Morgan fingerprint density at radius 2 is 1.68 bits per heavy atom. The van der Waals surface area contributed by atoms with Crippen LogP contribution in [-0.4, -0.2) is 53.6 Å². The Bertz CT molecular complexity index is 422. The number of carbonyl (C=O) groups excluding carboxylic acids is 2. The zero-order chi connectivity index (χ0) is 16.8. The van der Waals surface area contributed by atoms with Crippen LogP contribution in [0.4, 0.5) is 4.79 Å². The van der Waals surface area contributed by atoms with Gasteiger partial charge >= 0.3 is 12.0 Å². The number of ether oxygens (including phenoxy) is 1. The van der Waals surface area contributed by atoms with Gasteiger partial charge in [-0.3, -0.25) is 4.79 Å². The van der Waals surface area contributed by atoms with Crippen molar-refractivity contribution in [3.05, 3.63) is 25.3 Å². The van der Waals surface area contributed by atoms with Gasteiger partial charge in [0.05, 0.1) is 0 Å². The summed E-state index contributed by atoms with van der Waals surface area (Å²) in [5.74, 6) is 0.170. The van der Waals surface area contributed by atoms with Gasteiger partial charge in [-0.15, -0.1) is 13.2 Å². The van der Waals surface area contributed by atoms with Crippen molar-refractivity contribution in [1.29, 1.82) is 0 Å². The lowest BCUT2D eigenvalue weighted by Crippen LogP contribution is -2.47. The SMILES string of the molecule is C=CCN(CC(=O)OC(C)(C)C)C(=O)N(CC=C)CC1CC1. The van der Waals surface area contributed by atoms with E-state index >= 15 is 0 Å². The van der Waals surface area contributed by atoms with Gasteiger partial charge in [0.25, 0.3) is 0 Å². The van der Waals surface area contributed by atoms with Gasteiger partial charge in [0, 0.05) is 19.6 Å². The molecule has 0 unspecified atom stereocenters. The largest absolute Gasteiger partial charge is 0.459 e. The molecule has 0 heterocycles. The van der Waals surface area contributed by atoms with Crippen molar-refractivity contribution in [3.8, 4) is 0 Å². The molecule has 0 bridgehead atoms. The molecule has 0 radical (unpaired) electrons. The highest BCUT2D eigenvalue weighted by Crippen LogP contribution is 2.30. The molecule has 1 aliphatic carbocycles. The van der Waals surface area contributed by atoms with Crippen molar-refractivity contribution < 1.29 is 14.3 Å². The summed E-state index contributed by atoms with van der Waals surface area (Å²) in [6, 6.07) is -0.169. The molecule has 2 amide bonds. The number of urea groups is 1. The Hall–Kier alpha value is -1.78. The summed E-state index contributed by atoms with van der Waals surface area (Å²) in [6.45, 7) is 14.2. The fourth-order valence-electron chi connectivity index (χ4n) is 2.09. The Morgan fingerprint density at radius 1 is 1.14 bits per heavy atom. The van der Waals surface area contributed by atoms with Crippen molar-refractivity contribution in [2.45, 2.75) is 39.2 Å². The zero-order valence-electron chi connectivity index (χ0n) is 14.0. The summed E-state index contributed by atoms with van der Waals surface area (Å²) in [7, 11) is 0.